The molecule has 2 nitrogen and oxygen atoms in total. The fraction of sp³-hybridized carbons (Fsp3) is 0.647. The molecule has 2 heteroatoms. The summed E-state index contributed by atoms with van der Waals surface area (Å²) in [7, 11) is 4.33. The minimum Gasteiger partial charge on any atom is -0.374 e. The van der Waals surface area contributed by atoms with Crippen molar-refractivity contribution in [3.63, 3.8) is 0 Å². The van der Waals surface area contributed by atoms with Crippen LogP contribution in [0.25, 0.3) is 0 Å². The average molecular weight is 260 g/mol. The second-order valence-corrected chi connectivity index (χ2v) is 6.09. The zero-order valence-electron chi connectivity index (χ0n) is 12.9. The van der Waals surface area contributed by atoms with Crippen molar-refractivity contribution in [2.45, 2.75) is 45.6 Å². The molecule has 0 heterocycles. The third kappa shape index (κ3) is 3.50. The molecule has 1 fully saturated rings. The number of nitrogens with zero attached hydrogens (tertiary/aromatic N) is 1. The van der Waals surface area contributed by atoms with Crippen LogP contribution in [0.1, 0.15) is 36.8 Å². The van der Waals surface area contributed by atoms with Crippen LogP contribution in [-0.4, -0.2) is 26.7 Å². The van der Waals surface area contributed by atoms with Gasteiger partial charge in [-0.05, 0) is 57.7 Å². The number of rotatable bonds is 5. The molecule has 1 saturated carbocycles. The molecule has 2 rings (SSSR count). The summed E-state index contributed by atoms with van der Waals surface area (Å²) in [6.07, 6.45) is 5.44. The molecule has 1 N–H and O–H groups in total. The molecular formula is C17H28N2. The monoisotopic (exact) mass is 260 g/mol. The number of hydrogen-bond donors (Lipinski definition) is 1. The van der Waals surface area contributed by atoms with Crippen LogP contribution in [0.4, 0.5) is 5.69 Å². The molecule has 19 heavy (non-hydrogen) atoms. The first-order chi connectivity index (χ1) is 9.11. The minimum atomic E-state index is 0.743. The Morgan fingerprint density at radius 1 is 1.26 bits per heavy atom. The van der Waals surface area contributed by atoms with Gasteiger partial charge in [0, 0.05) is 25.3 Å². The Kier molecular flexibility index (Phi) is 4.87. The van der Waals surface area contributed by atoms with Gasteiger partial charge in [0.25, 0.3) is 0 Å². The highest BCUT2D eigenvalue weighted by Crippen LogP contribution is 2.29. The molecule has 106 valence electrons. The molecule has 1 aliphatic carbocycles. The lowest BCUT2D eigenvalue weighted by atomic mass is 9.99. The van der Waals surface area contributed by atoms with Crippen molar-refractivity contribution in [3.8, 4) is 0 Å². The van der Waals surface area contributed by atoms with Gasteiger partial charge in [-0.1, -0.05) is 24.1 Å². The van der Waals surface area contributed by atoms with Crippen LogP contribution in [0.2, 0.25) is 0 Å². The van der Waals surface area contributed by atoms with Gasteiger partial charge in [0.1, 0.15) is 0 Å². The predicted molar refractivity (Wildman–Crippen MR) is 84.0 cm³/mol. The van der Waals surface area contributed by atoms with Crippen molar-refractivity contribution < 1.29 is 0 Å². The molecule has 0 aliphatic heterocycles. The van der Waals surface area contributed by atoms with Gasteiger partial charge in [-0.3, -0.25) is 0 Å². The molecule has 0 radical (unpaired) electrons. The van der Waals surface area contributed by atoms with Crippen LogP contribution in [0.15, 0.2) is 18.2 Å². The summed E-state index contributed by atoms with van der Waals surface area (Å²) in [6, 6.07) is 7.49. The minimum absolute atomic E-state index is 0.743. The Bertz CT molecular complexity index is 414. The first-order valence-corrected chi connectivity index (χ1v) is 7.57. The number of anilines is 1. The van der Waals surface area contributed by atoms with Crippen LogP contribution < -0.4 is 10.2 Å². The van der Waals surface area contributed by atoms with Gasteiger partial charge in [-0.2, -0.15) is 0 Å². The van der Waals surface area contributed by atoms with Crippen LogP contribution in [0.3, 0.4) is 0 Å². The van der Waals surface area contributed by atoms with E-state index in [0.717, 1.165) is 18.5 Å². The quantitative estimate of drug-likeness (QED) is 0.871. The number of benzene rings is 1. The van der Waals surface area contributed by atoms with Crippen LogP contribution in [0, 0.1) is 19.8 Å². The lowest BCUT2D eigenvalue weighted by molar-refractivity contribution is 0.403. The maximum atomic E-state index is 3.48. The zero-order chi connectivity index (χ0) is 13.8. The van der Waals surface area contributed by atoms with Crippen molar-refractivity contribution in [2.75, 3.05) is 25.5 Å². The molecule has 0 saturated heterocycles. The molecule has 1 aliphatic rings. The SMILES string of the molecule is CNC1CCCC1CCN(C)c1ccc(C)cc1C. The smallest absolute Gasteiger partial charge is 0.0393 e. The topological polar surface area (TPSA) is 15.3 Å². The van der Waals surface area contributed by atoms with Gasteiger partial charge in [-0.15, -0.1) is 0 Å². The van der Waals surface area contributed by atoms with Gasteiger partial charge >= 0.3 is 0 Å². The van der Waals surface area contributed by atoms with E-state index in [9.17, 15) is 0 Å². The summed E-state index contributed by atoms with van der Waals surface area (Å²) in [4.78, 5) is 2.42. The van der Waals surface area contributed by atoms with Crippen molar-refractivity contribution in [1.82, 2.24) is 5.32 Å². The average Bonchev–Trinajstić information content (AvgIpc) is 2.83. The van der Waals surface area contributed by atoms with Gasteiger partial charge < -0.3 is 10.2 Å². The summed E-state index contributed by atoms with van der Waals surface area (Å²) in [5, 5.41) is 3.48. The summed E-state index contributed by atoms with van der Waals surface area (Å²) in [6.45, 7) is 5.53. The summed E-state index contributed by atoms with van der Waals surface area (Å²) < 4.78 is 0. The number of aryl methyl sites for hydroxylation is 2. The van der Waals surface area contributed by atoms with Crippen molar-refractivity contribution >= 4 is 5.69 Å². The maximum Gasteiger partial charge on any atom is 0.0393 e. The van der Waals surface area contributed by atoms with Crippen molar-refractivity contribution in [3.05, 3.63) is 29.3 Å². The molecule has 2 unspecified atom stereocenters. The van der Waals surface area contributed by atoms with E-state index in [1.807, 2.05) is 0 Å². The highest BCUT2D eigenvalue weighted by Gasteiger charge is 2.25. The molecule has 2 atom stereocenters. The summed E-state index contributed by atoms with van der Waals surface area (Å²) in [5.74, 6) is 0.859. The Hall–Kier alpha value is -1.02. The van der Waals surface area contributed by atoms with Gasteiger partial charge in [0.05, 0.1) is 0 Å². The van der Waals surface area contributed by atoms with E-state index in [4.69, 9.17) is 0 Å². The van der Waals surface area contributed by atoms with E-state index < -0.39 is 0 Å². The lowest BCUT2D eigenvalue weighted by Crippen LogP contribution is -2.31. The van der Waals surface area contributed by atoms with Gasteiger partial charge in [0.15, 0.2) is 0 Å². The first-order valence-electron chi connectivity index (χ1n) is 7.57. The summed E-state index contributed by atoms with van der Waals surface area (Å²) in [5.41, 5.74) is 4.12. The molecule has 0 bridgehead atoms. The highest BCUT2D eigenvalue weighted by molar-refractivity contribution is 5.53. The zero-order valence-corrected chi connectivity index (χ0v) is 12.9. The predicted octanol–water partition coefficient (Wildman–Crippen LogP) is 3.52. The number of hydrogen-bond acceptors (Lipinski definition) is 2. The Morgan fingerprint density at radius 3 is 2.74 bits per heavy atom. The van der Waals surface area contributed by atoms with E-state index in [1.54, 1.807) is 0 Å². The van der Waals surface area contributed by atoms with Crippen LogP contribution in [-0.2, 0) is 0 Å². The van der Waals surface area contributed by atoms with Gasteiger partial charge in [-0.25, -0.2) is 0 Å². The summed E-state index contributed by atoms with van der Waals surface area (Å²) >= 11 is 0. The third-order valence-corrected chi connectivity index (χ3v) is 4.63. The lowest BCUT2D eigenvalue weighted by Gasteiger charge is -2.25. The number of nitrogens with one attached hydrogen (secondary N) is 1. The first kappa shape index (κ1) is 14.4. The van der Waals surface area contributed by atoms with Crippen molar-refractivity contribution in [2.24, 2.45) is 5.92 Å². The molecule has 0 amide bonds. The molecular weight excluding hydrogens is 232 g/mol. The molecule has 1 aromatic rings. The molecule has 1 aromatic carbocycles. The maximum absolute atomic E-state index is 3.48. The second kappa shape index (κ2) is 6.42. The third-order valence-electron chi connectivity index (χ3n) is 4.63. The van der Waals surface area contributed by atoms with Crippen molar-refractivity contribution in [1.29, 1.82) is 0 Å². The van der Waals surface area contributed by atoms with Crippen LogP contribution in [0.5, 0.6) is 0 Å². The fourth-order valence-electron chi connectivity index (χ4n) is 3.48. The van der Waals surface area contributed by atoms with Gasteiger partial charge in [0.2, 0.25) is 0 Å². The van der Waals surface area contributed by atoms with E-state index in [-0.39, 0.29) is 0 Å². The van der Waals surface area contributed by atoms with E-state index in [0.29, 0.717) is 0 Å². The standard InChI is InChI=1S/C17H28N2/c1-13-8-9-17(14(2)12-13)19(4)11-10-15-6-5-7-16(15)18-3/h8-9,12,15-16,18H,5-7,10-11H2,1-4H3. The Morgan fingerprint density at radius 2 is 2.05 bits per heavy atom. The normalized spacial score (nSPS) is 22.7. The second-order valence-electron chi connectivity index (χ2n) is 6.09. The van der Waals surface area contributed by atoms with E-state index in [1.165, 1.54) is 42.5 Å². The molecule has 0 spiro atoms. The Labute approximate surface area is 118 Å². The highest BCUT2D eigenvalue weighted by atomic mass is 15.1. The van der Waals surface area contributed by atoms with E-state index in [2.05, 4.69) is 56.4 Å². The largest absolute Gasteiger partial charge is 0.374 e. The fourth-order valence-corrected chi connectivity index (χ4v) is 3.48. The van der Waals surface area contributed by atoms with Crippen LogP contribution >= 0.6 is 0 Å². The van der Waals surface area contributed by atoms with E-state index >= 15 is 0 Å². The molecule has 0 aromatic heterocycles. The Balaban J connectivity index is 1.92.